The molecule has 0 aliphatic heterocycles. The zero-order valence-corrected chi connectivity index (χ0v) is 6.14. The summed E-state index contributed by atoms with van der Waals surface area (Å²) >= 11 is 0. The highest BCUT2D eigenvalue weighted by Crippen LogP contribution is 2.18. The van der Waals surface area contributed by atoms with Crippen LogP contribution >= 0.6 is 0 Å². The van der Waals surface area contributed by atoms with Crippen molar-refractivity contribution in [2.75, 3.05) is 6.54 Å². The minimum atomic E-state index is -1.06. The SMILES string of the molecule is NCC1=C[C@@H](O)[C@@H](O)[C@H](O)C1. The lowest BCUT2D eigenvalue weighted by Gasteiger charge is -2.27. The molecule has 4 nitrogen and oxygen atoms in total. The molecule has 1 aliphatic carbocycles. The highest BCUT2D eigenvalue weighted by Gasteiger charge is 2.28. The third-order valence-electron chi connectivity index (χ3n) is 1.88. The lowest BCUT2D eigenvalue weighted by Crippen LogP contribution is -2.40. The van der Waals surface area contributed by atoms with Gasteiger partial charge in [-0.25, -0.2) is 0 Å². The fourth-order valence-corrected chi connectivity index (χ4v) is 1.18. The van der Waals surface area contributed by atoms with Crippen LogP contribution in [0.2, 0.25) is 0 Å². The summed E-state index contributed by atoms with van der Waals surface area (Å²) in [6, 6.07) is 0. The minimum absolute atomic E-state index is 0.320. The number of rotatable bonds is 1. The Morgan fingerprint density at radius 1 is 1.45 bits per heavy atom. The normalized spacial score (nSPS) is 38.5. The Labute approximate surface area is 65.0 Å². The molecule has 1 rings (SSSR count). The monoisotopic (exact) mass is 159 g/mol. The lowest BCUT2D eigenvalue weighted by atomic mass is 9.92. The molecular formula is C7H13NO3. The topological polar surface area (TPSA) is 86.7 Å². The van der Waals surface area contributed by atoms with Gasteiger partial charge in [0, 0.05) is 6.54 Å². The van der Waals surface area contributed by atoms with E-state index in [-0.39, 0.29) is 0 Å². The lowest BCUT2D eigenvalue weighted by molar-refractivity contribution is -0.0475. The van der Waals surface area contributed by atoms with Gasteiger partial charge in [0.05, 0.1) is 6.10 Å². The maximum Gasteiger partial charge on any atom is 0.110 e. The van der Waals surface area contributed by atoms with Crippen molar-refractivity contribution >= 4 is 0 Å². The summed E-state index contributed by atoms with van der Waals surface area (Å²) in [4.78, 5) is 0. The quantitative estimate of drug-likeness (QED) is 0.345. The van der Waals surface area contributed by atoms with Crippen LogP contribution in [0.5, 0.6) is 0 Å². The predicted octanol–water partition coefficient (Wildman–Crippen LogP) is -1.64. The molecule has 0 spiro atoms. The molecule has 0 aromatic carbocycles. The molecule has 64 valence electrons. The Hall–Kier alpha value is -0.420. The summed E-state index contributed by atoms with van der Waals surface area (Å²) in [7, 11) is 0. The van der Waals surface area contributed by atoms with Crippen molar-refractivity contribution in [1.29, 1.82) is 0 Å². The van der Waals surface area contributed by atoms with Gasteiger partial charge in [-0.3, -0.25) is 0 Å². The van der Waals surface area contributed by atoms with E-state index in [9.17, 15) is 0 Å². The minimum Gasteiger partial charge on any atom is -0.390 e. The van der Waals surface area contributed by atoms with Gasteiger partial charge in [0.15, 0.2) is 0 Å². The molecule has 0 amide bonds. The third-order valence-corrected chi connectivity index (χ3v) is 1.88. The number of hydrogen-bond acceptors (Lipinski definition) is 4. The van der Waals surface area contributed by atoms with Gasteiger partial charge < -0.3 is 21.1 Å². The summed E-state index contributed by atoms with van der Waals surface area (Å²) in [6.07, 6.45) is -1.07. The van der Waals surface area contributed by atoms with Crippen molar-refractivity contribution in [3.05, 3.63) is 11.6 Å². The van der Waals surface area contributed by atoms with Gasteiger partial charge >= 0.3 is 0 Å². The summed E-state index contributed by atoms with van der Waals surface area (Å²) in [6.45, 7) is 0.320. The summed E-state index contributed by atoms with van der Waals surface area (Å²) in [5.41, 5.74) is 6.09. The van der Waals surface area contributed by atoms with Gasteiger partial charge in [0.1, 0.15) is 12.2 Å². The van der Waals surface area contributed by atoms with Crippen LogP contribution in [0.25, 0.3) is 0 Å². The first kappa shape index (κ1) is 8.67. The Morgan fingerprint density at radius 2 is 2.09 bits per heavy atom. The Bertz CT molecular complexity index is 169. The molecule has 11 heavy (non-hydrogen) atoms. The van der Waals surface area contributed by atoms with E-state index in [1.54, 1.807) is 0 Å². The molecule has 0 heterocycles. The molecule has 0 aromatic rings. The van der Waals surface area contributed by atoms with Gasteiger partial charge in [-0.2, -0.15) is 0 Å². The fourth-order valence-electron chi connectivity index (χ4n) is 1.18. The maximum atomic E-state index is 9.14. The summed E-state index contributed by atoms with van der Waals surface area (Å²) < 4.78 is 0. The second-order valence-corrected chi connectivity index (χ2v) is 2.78. The van der Waals surface area contributed by atoms with Crippen LogP contribution < -0.4 is 5.73 Å². The molecular weight excluding hydrogens is 146 g/mol. The van der Waals surface area contributed by atoms with Crippen molar-refractivity contribution in [2.24, 2.45) is 5.73 Å². The fraction of sp³-hybridized carbons (Fsp3) is 0.714. The molecule has 0 fully saturated rings. The summed E-state index contributed by atoms with van der Waals surface area (Å²) in [5, 5.41) is 27.3. The maximum absolute atomic E-state index is 9.14. The Balaban J connectivity index is 2.68. The van der Waals surface area contributed by atoms with E-state index in [0.29, 0.717) is 13.0 Å². The van der Waals surface area contributed by atoms with Gasteiger partial charge in [-0.05, 0) is 6.42 Å². The number of nitrogens with two attached hydrogens (primary N) is 1. The molecule has 0 aromatic heterocycles. The highest BCUT2D eigenvalue weighted by molar-refractivity contribution is 5.14. The van der Waals surface area contributed by atoms with Crippen LogP contribution in [0.3, 0.4) is 0 Å². The third kappa shape index (κ3) is 1.78. The second kappa shape index (κ2) is 3.32. The molecule has 0 unspecified atom stereocenters. The number of aliphatic hydroxyl groups is 3. The molecule has 0 saturated carbocycles. The van der Waals surface area contributed by atoms with Crippen LogP contribution in [0.15, 0.2) is 11.6 Å². The van der Waals surface area contributed by atoms with E-state index in [1.165, 1.54) is 6.08 Å². The average molecular weight is 159 g/mol. The zero-order valence-electron chi connectivity index (χ0n) is 6.14. The first-order chi connectivity index (χ1) is 5.15. The van der Waals surface area contributed by atoms with E-state index in [4.69, 9.17) is 21.1 Å². The van der Waals surface area contributed by atoms with Crippen molar-refractivity contribution in [3.63, 3.8) is 0 Å². The van der Waals surface area contributed by atoms with Gasteiger partial charge in [-0.1, -0.05) is 11.6 Å². The van der Waals surface area contributed by atoms with Crippen LogP contribution in [0, 0.1) is 0 Å². The molecule has 0 bridgehead atoms. The molecule has 0 radical (unpaired) electrons. The molecule has 5 N–H and O–H groups in total. The Morgan fingerprint density at radius 3 is 2.55 bits per heavy atom. The van der Waals surface area contributed by atoms with E-state index in [2.05, 4.69) is 0 Å². The first-order valence-corrected chi connectivity index (χ1v) is 3.59. The number of aliphatic hydroxyl groups excluding tert-OH is 3. The van der Waals surface area contributed by atoms with E-state index < -0.39 is 18.3 Å². The van der Waals surface area contributed by atoms with E-state index in [0.717, 1.165) is 5.57 Å². The smallest absolute Gasteiger partial charge is 0.110 e. The molecule has 3 atom stereocenters. The van der Waals surface area contributed by atoms with Crippen LogP contribution in [-0.2, 0) is 0 Å². The number of hydrogen-bond donors (Lipinski definition) is 4. The van der Waals surface area contributed by atoms with Crippen molar-refractivity contribution in [3.8, 4) is 0 Å². The van der Waals surface area contributed by atoms with Crippen molar-refractivity contribution < 1.29 is 15.3 Å². The largest absolute Gasteiger partial charge is 0.390 e. The van der Waals surface area contributed by atoms with Crippen LogP contribution in [0.1, 0.15) is 6.42 Å². The highest BCUT2D eigenvalue weighted by atomic mass is 16.4. The van der Waals surface area contributed by atoms with Crippen LogP contribution in [0.4, 0.5) is 0 Å². The van der Waals surface area contributed by atoms with Crippen molar-refractivity contribution in [1.82, 2.24) is 0 Å². The van der Waals surface area contributed by atoms with Gasteiger partial charge in [0.2, 0.25) is 0 Å². The van der Waals surface area contributed by atoms with Gasteiger partial charge in [-0.15, -0.1) is 0 Å². The zero-order chi connectivity index (χ0) is 8.43. The molecule has 0 saturated heterocycles. The Kier molecular flexibility index (Phi) is 2.62. The second-order valence-electron chi connectivity index (χ2n) is 2.78. The standard InChI is InChI=1S/C7H13NO3/c8-3-4-1-5(9)7(11)6(10)2-4/h1,5-7,9-11H,2-3,8H2/t5-,6-,7-/m1/s1. The first-order valence-electron chi connectivity index (χ1n) is 3.59. The summed E-state index contributed by atoms with van der Waals surface area (Å²) in [5.74, 6) is 0. The molecule has 1 aliphatic rings. The van der Waals surface area contributed by atoms with Crippen LogP contribution in [-0.4, -0.2) is 40.2 Å². The van der Waals surface area contributed by atoms with Crippen molar-refractivity contribution in [2.45, 2.75) is 24.7 Å². The average Bonchev–Trinajstić information content (AvgIpc) is 1.99. The molecule has 4 heteroatoms. The predicted molar refractivity (Wildman–Crippen MR) is 39.8 cm³/mol. The van der Waals surface area contributed by atoms with E-state index in [1.807, 2.05) is 0 Å². The van der Waals surface area contributed by atoms with Gasteiger partial charge in [0.25, 0.3) is 0 Å². The van der Waals surface area contributed by atoms with E-state index >= 15 is 0 Å².